The van der Waals surface area contributed by atoms with Gasteiger partial charge < -0.3 is 29.5 Å². The maximum absolute atomic E-state index is 12.3. The number of carbonyl (C=O) groups is 1. The second-order valence-corrected chi connectivity index (χ2v) is 8.00. The number of nitrogens with zero attached hydrogens (tertiary/aromatic N) is 2. The van der Waals surface area contributed by atoms with E-state index in [1.165, 1.54) is 24.3 Å². The zero-order valence-electron chi connectivity index (χ0n) is 17.0. The average Bonchev–Trinajstić information content (AvgIpc) is 3.13. The number of amides is 1. The number of aliphatic hydroxyl groups is 1. The van der Waals surface area contributed by atoms with E-state index in [9.17, 15) is 23.1 Å². The molecule has 31 heavy (non-hydrogen) atoms. The first-order chi connectivity index (χ1) is 14.7. The first-order valence-corrected chi connectivity index (χ1v) is 10.2. The van der Waals surface area contributed by atoms with E-state index in [4.69, 9.17) is 9.47 Å². The summed E-state index contributed by atoms with van der Waals surface area (Å²) in [5.74, 6) is -0.252. The standard InChI is InChI=1S/C20H26F3N3O5/c1-12(27)25-6-8-26(9-7-25)17-18(28)16(15-11-29-19(17)30-15)24-10-13-2-4-14(5-3-13)31-20(21,22)23/h2-5,15-19,24,28H,6-11H2,1H3. The number of rotatable bonds is 5. The van der Waals surface area contributed by atoms with Crippen LogP contribution in [0.2, 0.25) is 0 Å². The van der Waals surface area contributed by atoms with Crippen molar-refractivity contribution in [3.05, 3.63) is 29.8 Å². The summed E-state index contributed by atoms with van der Waals surface area (Å²) >= 11 is 0. The lowest BCUT2D eigenvalue weighted by Crippen LogP contribution is -2.66. The minimum Gasteiger partial charge on any atom is -0.406 e. The van der Waals surface area contributed by atoms with Gasteiger partial charge in [-0.2, -0.15) is 0 Å². The second kappa shape index (κ2) is 8.91. The van der Waals surface area contributed by atoms with Crippen molar-refractivity contribution in [2.24, 2.45) is 0 Å². The first-order valence-electron chi connectivity index (χ1n) is 10.2. The van der Waals surface area contributed by atoms with Gasteiger partial charge in [0.25, 0.3) is 0 Å². The Hall–Kier alpha value is -1.92. The summed E-state index contributed by atoms with van der Waals surface area (Å²) in [5.41, 5.74) is 0.745. The molecule has 1 aromatic carbocycles. The molecule has 2 N–H and O–H groups in total. The van der Waals surface area contributed by atoms with Gasteiger partial charge in [-0.3, -0.25) is 9.69 Å². The molecule has 3 fully saturated rings. The van der Waals surface area contributed by atoms with E-state index in [0.29, 0.717) is 39.3 Å². The molecular formula is C20H26F3N3O5. The molecule has 0 saturated carbocycles. The largest absolute Gasteiger partial charge is 0.573 e. The van der Waals surface area contributed by atoms with Crippen molar-refractivity contribution in [3.63, 3.8) is 0 Å². The highest BCUT2D eigenvalue weighted by Gasteiger charge is 2.52. The van der Waals surface area contributed by atoms with Crippen LogP contribution in [0.4, 0.5) is 13.2 Å². The van der Waals surface area contributed by atoms with E-state index < -0.39 is 24.8 Å². The van der Waals surface area contributed by atoms with Gasteiger partial charge in [0, 0.05) is 39.6 Å². The molecule has 1 aromatic rings. The SMILES string of the molecule is CC(=O)N1CCN(C2C3OCC(O3)C(NCc3ccc(OC(F)(F)F)cc3)C2O)CC1. The van der Waals surface area contributed by atoms with Crippen molar-refractivity contribution in [2.75, 3.05) is 32.8 Å². The number of benzene rings is 1. The van der Waals surface area contributed by atoms with Gasteiger partial charge in [0.1, 0.15) is 11.9 Å². The molecule has 0 aliphatic carbocycles. The van der Waals surface area contributed by atoms with Gasteiger partial charge >= 0.3 is 6.36 Å². The van der Waals surface area contributed by atoms with Crippen LogP contribution in [0.15, 0.2) is 24.3 Å². The summed E-state index contributed by atoms with van der Waals surface area (Å²) in [6, 6.07) is 4.82. The number of nitrogens with one attached hydrogen (secondary N) is 1. The molecule has 3 heterocycles. The number of halogens is 3. The molecule has 5 atom stereocenters. The molecular weight excluding hydrogens is 419 g/mol. The third kappa shape index (κ3) is 5.12. The van der Waals surface area contributed by atoms with Crippen LogP contribution >= 0.6 is 0 Å². The zero-order chi connectivity index (χ0) is 22.2. The van der Waals surface area contributed by atoms with Crippen molar-refractivity contribution in [1.29, 1.82) is 0 Å². The van der Waals surface area contributed by atoms with Gasteiger partial charge in [-0.15, -0.1) is 13.2 Å². The van der Waals surface area contributed by atoms with Crippen LogP contribution in [0.5, 0.6) is 5.75 Å². The van der Waals surface area contributed by atoms with Gasteiger partial charge in [0.05, 0.1) is 24.8 Å². The predicted molar refractivity (Wildman–Crippen MR) is 102 cm³/mol. The maximum atomic E-state index is 12.3. The highest BCUT2D eigenvalue weighted by atomic mass is 19.4. The van der Waals surface area contributed by atoms with Crippen molar-refractivity contribution in [1.82, 2.24) is 15.1 Å². The van der Waals surface area contributed by atoms with E-state index >= 15 is 0 Å². The van der Waals surface area contributed by atoms with Crippen molar-refractivity contribution in [2.45, 2.75) is 50.4 Å². The lowest BCUT2D eigenvalue weighted by molar-refractivity contribution is -0.274. The molecule has 5 unspecified atom stereocenters. The smallest absolute Gasteiger partial charge is 0.406 e. The summed E-state index contributed by atoms with van der Waals surface area (Å²) < 4.78 is 52.5. The molecule has 3 saturated heterocycles. The van der Waals surface area contributed by atoms with E-state index in [-0.39, 0.29) is 23.8 Å². The number of ether oxygens (including phenoxy) is 3. The normalized spacial score (nSPS) is 31.6. The van der Waals surface area contributed by atoms with Gasteiger partial charge in [-0.1, -0.05) is 12.1 Å². The summed E-state index contributed by atoms with van der Waals surface area (Å²) in [4.78, 5) is 15.4. The van der Waals surface area contributed by atoms with Crippen LogP contribution in [0.3, 0.4) is 0 Å². The van der Waals surface area contributed by atoms with Crippen LogP contribution in [0, 0.1) is 0 Å². The highest BCUT2D eigenvalue weighted by Crippen LogP contribution is 2.32. The molecule has 2 bridgehead atoms. The van der Waals surface area contributed by atoms with Crippen LogP contribution in [-0.2, 0) is 20.8 Å². The van der Waals surface area contributed by atoms with Crippen LogP contribution in [0.25, 0.3) is 0 Å². The molecule has 11 heteroatoms. The fraction of sp³-hybridized carbons (Fsp3) is 0.650. The number of hydrogen-bond acceptors (Lipinski definition) is 7. The molecule has 1 amide bonds. The molecule has 0 spiro atoms. The third-order valence-corrected chi connectivity index (χ3v) is 6.01. The quantitative estimate of drug-likeness (QED) is 0.690. The topological polar surface area (TPSA) is 83.5 Å². The molecule has 3 aliphatic rings. The summed E-state index contributed by atoms with van der Waals surface area (Å²) in [7, 11) is 0. The average molecular weight is 445 g/mol. The van der Waals surface area contributed by atoms with Crippen LogP contribution in [0.1, 0.15) is 12.5 Å². The van der Waals surface area contributed by atoms with Gasteiger partial charge in [-0.25, -0.2) is 0 Å². The van der Waals surface area contributed by atoms with Gasteiger partial charge in [-0.05, 0) is 17.7 Å². The number of hydrogen-bond donors (Lipinski definition) is 2. The van der Waals surface area contributed by atoms with E-state index in [2.05, 4.69) is 15.0 Å². The third-order valence-electron chi connectivity index (χ3n) is 6.01. The Morgan fingerprint density at radius 3 is 2.52 bits per heavy atom. The molecule has 0 radical (unpaired) electrons. The van der Waals surface area contributed by atoms with Gasteiger partial charge in [0.2, 0.25) is 5.91 Å². The Morgan fingerprint density at radius 2 is 1.90 bits per heavy atom. The van der Waals surface area contributed by atoms with Gasteiger partial charge in [0.15, 0.2) is 6.29 Å². The second-order valence-electron chi connectivity index (χ2n) is 8.00. The zero-order valence-corrected chi connectivity index (χ0v) is 17.0. The molecule has 8 nitrogen and oxygen atoms in total. The van der Waals surface area contributed by atoms with Crippen LogP contribution < -0.4 is 10.1 Å². The lowest BCUT2D eigenvalue weighted by atomic mass is 9.94. The lowest BCUT2D eigenvalue weighted by Gasteiger charge is -2.46. The Morgan fingerprint density at radius 1 is 1.23 bits per heavy atom. The highest BCUT2D eigenvalue weighted by molar-refractivity contribution is 5.73. The minimum absolute atomic E-state index is 0.0310. The molecule has 3 aliphatic heterocycles. The Kier molecular flexibility index (Phi) is 6.40. The van der Waals surface area contributed by atoms with Crippen molar-refractivity contribution < 1.29 is 37.3 Å². The van der Waals surface area contributed by atoms with E-state index in [0.717, 1.165) is 5.56 Å². The fourth-order valence-corrected chi connectivity index (χ4v) is 4.42. The fourth-order valence-electron chi connectivity index (χ4n) is 4.42. The van der Waals surface area contributed by atoms with E-state index in [1.807, 2.05) is 0 Å². The van der Waals surface area contributed by atoms with Crippen molar-refractivity contribution in [3.8, 4) is 5.75 Å². The Bertz CT molecular complexity index is 770. The van der Waals surface area contributed by atoms with Crippen LogP contribution in [-0.4, -0.2) is 90.5 Å². The number of fused-ring (bicyclic) bond motifs is 2. The Balaban J connectivity index is 1.37. The summed E-state index contributed by atoms with van der Waals surface area (Å²) in [5, 5.41) is 14.4. The number of alkyl halides is 3. The summed E-state index contributed by atoms with van der Waals surface area (Å²) in [6.45, 7) is 4.62. The molecule has 4 rings (SSSR count). The molecule has 172 valence electrons. The minimum atomic E-state index is -4.73. The predicted octanol–water partition coefficient (Wildman–Crippen LogP) is 0.692. The number of piperazine rings is 1. The summed E-state index contributed by atoms with van der Waals surface area (Å²) in [6.07, 6.45) is -6.33. The number of aliphatic hydroxyl groups excluding tert-OH is 1. The monoisotopic (exact) mass is 445 g/mol. The first kappa shape index (κ1) is 22.3. The molecule has 0 aromatic heterocycles. The van der Waals surface area contributed by atoms with E-state index in [1.54, 1.807) is 11.8 Å². The Labute approximate surface area is 177 Å². The number of carbonyl (C=O) groups excluding carboxylic acids is 1. The maximum Gasteiger partial charge on any atom is 0.573 e. The van der Waals surface area contributed by atoms with Crippen molar-refractivity contribution >= 4 is 5.91 Å².